The third kappa shape index (κ3) is 6.50. The van der Waals surface area contributed by atoms with Crippen LogP contribution in [0.4, 0.5) is 8.78 Å². The lowest BCUT2D eigenvalue weighted by Gasteiger charge is -2.09. The van der Waals surface area contributed by atoms with Gasteiger partial charge in [-0.1, -0.05) is 6.07 Å². The number of rotatable bonds is 8. The molecular formula is C15H20ClF2N3O2. The van der Waals surface area contributed by atoms with Crippen molar-refractivity contribution in [1.29, 1.82) is 0 Å². The van der Waals surface area contributed by atoms with Crippen molar-refractivity contribution >= 4 is 24.2 Å². The maximum absolute atomic E-state index is 13.4. The third-order valence-corrected chi connectivity index (χ3v) is 3.34. The van der Waals surface area contributed by atoms with E-state index in [-0.39, 0.29) is 37.9 Å². The zero-order valence-corrected chi connectivity index (χ0v) is 13.3. The van der Waals surface area contributed by atoms with Gasteiger partial charge in [0, 0.05) is 13.1 Å². The highest BCUT2D eigenvalue weighted by Gasteiger charge is 2.20. The molecule has 0 unspecified atom stereocenters. The van der Waals surface area contributed by atoms with E-state index in [1.807, 2.05) is 0 Å². The zero-order chi connectivity index (χ0) is 15.9. The summed E-state index contributed by atoms with van der Waals surface area (Å²) in [5.74, 6) is -2.14. The van der Waals surface area contributed by atoms with Gasteiger partial charge < -0.3 is 16.0 Å². The Balaban J connectivity index is 0.00000264. The van der Waals surface area contributed by atoms with Crippen LogP contribution < -0.4 is 16.0 Å². The van der Waals surface area contributed by atoms with Crippen molar-refractivity contribution in [2.75, 3.05) is 26.2 Å². The molecule has 1 saturated carbocycles. The maximum atomic E-state index is 13.4. The molecule has 1 aliphatic rings. The molecule has 0 atom stereocenters. The molecule has 8 heteroatoms. The second-order valence-electron chi connectivity index (χ2n) is 5.28. The number of halogens is 3. The number of hydrogen-bond donors (Lipinski definition) is 3. The number of benzene rings is 1. The van der Waals surface area contributed by atoms with E-state index in [0.717, 1.165) is 18.7 Å². The minimum Gasteiger partial charge on any atom is -0.353 e. The minimum atomic E-state index is -0.911. The summed E-state index contributed by atoms with van der Waals surface area (Å²) in [5, 5.41) is 8.01. The zero-order valence-electron chi connectivity index (χ0n) is 12.5. The second-order valence-corrected chi connectivity index (χ2v) is 5.28. The lowest BCUT2D eigenvalue weighted by atomic mass is 10.2. The van der Waals surface area contributed by atoms with Crippen LogP contribution in [0.2, 0.25) is 0 Å². The van der Waals surface area contributed by atoms with Gasteiger partial charge in [-0.25, -0.2) is 8.78 Å². The van der Waals surface area contributed by atoms with Crippen molar-refractivity contribution in [1.82, 2.24) is 16.0 Å². The predicted molar refractivity (Wildman–Crippen MR) is 84.5 cm³/mol. The molecule has 1 fully saturated rings. The monoisotopic (exact) mass is 347 g/mol. The van der Waals surface area contributed by atoms with Crippen molar-refractivity contribution in [2.45, 2.75) is 12.8 Å². The highest BCUT2D eigenvalue weighted by atomic mass is 35.5. The average Bonchev–Trinajstić information content (AvgIpc) is 3.27. The van der Waals surface area contributed by atoms with Crippen molar-refractivity contribution in [3.63, 3.8) is 0 Å². The fourth-order valence-electron chi connectivity index (χ4n) is 1.96. The number of amides is 2. The summed E-state index contributed by atoms with van der Waals surface area (Å²) in [6.07, 6.45) is 2.43. The summed E-state index contributed by atoms with van der Waals surface area (Å²) in [6, 6.07) is 3.23. The first-order valence-corrected chi connectivity index (χ1v) is 7.27. The van der Waals surface area contributed by atoms with Gasteiger partial charge in [-0.05, 0) is 37.4 Å². The van der Waals surface area contributed by atoms with Crippen molar-refractivity contribution in [2.24, 2.45) is 5.92 Å². The quantitative estimate of drug-likeness (QED) is 0.620. The summed E-state index contributed by atoms with van der Waals surface area (Å²) in [5.41, 5.74) is -0.611. The normalized spacial score (nSPS) is 13.1. The highest BCUT2D eigenvalue weighted by Crippen LogP contribution is 2.27. The first-order valence-electron chi connectivity index (χ1n) is 7.27. The van der Waals surface area contributed by atoms with Gasteiger partial charge in [0.1, 0.15) is 17.2 Å². The first kappa shape index (κ1) is 19.3. The molecule has 0 spiro atoms. The summed E-state index contributed by atoms with van der Waals surface area (Å²) >= 11 is 0. The number of carbonyl (C=O) groups is 2. The largest absolute Gasteiger partial charge is 0.353 e. The van der Waals surface area contributed by atoms with Crippen molar-refractivity contribution < 1.29 is 18.4 Å². The van der Waals surface area contributed by atoms with E-state index >= 15 is 0 Å². The van der Waals surface area contributed by atoms with E-state index < -0.39 is 23.1 Å². The van der Waals surface area contributed by atoms with Crippen LogP contribution in [0.15, 0.2) is 18.2 Å². The molecule has 23 heavy (non-hydrogen) atoms. The van der Waals surface area contributed by atoms with Crippen LogP contribution in [0.1, 0.15) is 23.2 Å². The molecule has 5 nitrogen and oxygen atoms in total. The van der Waals surface area contributed by atoms with Crippen molar-refractivity contribution in [3.05, 3.63) is 35.4 Å². The Morgan fingerprint density at radius 1 is 1.09 bits per heavy atom. The summed E-state index contributed by atoms with van der Waals surface area (Å²) in [4.78, 5) is 23.1. The fourth-order valence-corrected chi connectivity index (χ4v) is 1.96. The number of carbonyl (C=O) groups excluding carboxylic acids is 2. The Bertz CT molecular complexity index is 533. The van der Waals surface area contributed by atoms with E-state index in [9.17, 15) is 18.4 Å². The van der Waals surface area contributed by atoms with E-state index in [1.165, 1.54) is 18.9 Å². The molecule has 0 heterocycles. The summed E-state index contributed by atoms with van der Waals surface area (Å²) in [7, 11) is 0. The van der Waals surface area contributed by atoms with Gasteiger partial charge in [-0.2, -0.15) is 0 Å². The molecule has 2 rings (SSSR count). The maximum Gasteiger partial charge on any atom is 0.257 e. The average molecular weight is 348 g/mol. The molecule has 0 radical (unpaired) electrons. The van der Waals surface area contributed by atoms with Crippen LogP contribution >= 0.6 is 12.4 Å². The smallest absolute Gasteiger partial charge is 0.257 e. The number of nitrogens with one attached hydrogen (secondary N) is 3. The standard InChI is InChI=1S/C15H19F2N3O2.ClH/c16-11-2-1-3-12(17)14(11)15(22)20-7-6-19-13(21)9-18-8-10-4-5-10;/h1-3,10,18H,4-9H2,(H,19,21)(H,20,22);1H. The Morgan fingerprint density at radius 3 is 2.30 bits per heavy atom. The van der Waals surface area contributed by atoms with Gasteiger partial charge >= 0.3 is 0 Å². The van der Waals surface area contributed by atoms with E-state index in [1.54, 1.807) is 0 Å². The minimum absolute atomic E-state index is 0. The van der Waals surface area contributed by atoms with Crippen LogP contribution in [0.25, 0.3) is 0 Å². The van der Waals surface area contributed by atoms with E-state index in [4.69, 9.17) is 0 Å². The van der Waals surface area contributed by atoms with Gasteiger partial charge in [0.2, 0.25) is 5.91 Å². The number of hydrogen-bond acceptors (Lipinski definition) is 3. The molecule has 128 valence electrons. The van der Waals surface area contributed by atoms with Crippen LogP contribution in [0, 0.1) is 17.6 Å². The second kappa shape index (κ2) is 9.42. The third-order valence-electron chi connectivity index (χ3n) is 3.34. The van der Waals surface area contributed by atoms with Gasteiger partial charge in [0.05, 0.1) is 6.54 Å². The van der Waals surface area contributed by atoms with Crippen LogP contribution in [-0.4, -0.2) is 38.0 Å². The molecular weight excluding hydrogens is 328 g/mol. The van der Waals surface area contributed by atoms with Gasteiger partial charge in [0.25, 0.3) is 5.91 Å². The van der Waals surface area contributed by atoms with E-state index in [0.29, 0.717) is 5.92 Å². The Morgan fingerprint density at radius 2 is 1.70 bits per heavy atom. The first-order chi connectivity index (χ1) is 10.6. The van der Waals surface area contributed by atoms with E-state index in [2.05, 4.69) is 16.0 Å². The van der Waals surface area contributed by atoms with Gasteiger partial charge in [-0.15, -0.1) is 12.4 Å². The lowest BCUT2D eigenvalue weighted by Crippen LogP contribution is -2.39. The van der Waals surface area contributed by atoms with Gasteiger partial charge in [0.15, 0.2) is 0 Å². The summed E-state index contributed by atoms with van der Waals surface area (Å²) in [6.45, 7) is 1.37. The predicted octanol–water partition coefficient (Wildman–Crippen LogP) is 1.23. The molecule has 1 aromatic carbocycles. The van der Waals surface area contributed by atoms with Crippen LogP contribution in [-0.2, 0) is 4.79 Å². The molecule has 2 amide bonds. The molecule has 3 N–H and O–H groups in total. The Hall–Kier alpha value is -1.73. The molecule has 0 saturated heterocycles. The molecule has 0 aliphatic heterocycles. The molecule has 0 aromatic heterocycles. The van der Waals surface area contributed by atoms with Crippen LogP contribution in [0.5, 0.6) is 0 Å². The fraction of sp³-hybridized carbons (Fsp3) is 0.467. The SMILES string of the molecule is Cl.O=C(CNCC1CC1)NCCNC(=O)c1c(F)cccc1F. The van der Waals surface area contributed by atoms with Crippen molar-refractivity contribution in [3.8, 4) is 0 Å². The topological polar surface area (TPSA) is 70.2 Å². The lowest BCUT2D eigenvalue weighted by molar-refractivity contribution is -0.120. The molecule has 0 bridgehead atoms. The molecule has 1 aliphatic carbocycles. The van der Waals surface area contributed by atoms with Crippen LogP contribution in [0.3, 0.4) is 0 Å². The Kier molecular flexibility index (Phi) is 7.91. The van der Waals surface area contributed by atoms with Gasteiger partial charge in [-0.3, -0.25) is 9.59 Å². The highest BCUT2D eigenvalue weighted by molar-refractivity contribution is 5.94. The molecule has 1 aromatic rings. The summed E-state index contributed by atoms with van der Waals surface area (Å²) < 4.78 is 26.7. The Labute approximate surface area is 139 Å².